The summed E-state index contributed by atoms with van der Waals surface area (Å²) in [6.45, 7) is 8.77. The highest BCUT2D eigenvalue weighted by Gasteiger charge is 2.28. The summed E-state index contributed by atoms with van der Waals surface area (Å²) in [4.78, 5) is 10.7. The standard InChI is InChI=1S/C15H22O2Si/c1-13(9-8-12-17-14(2)16)18(3,4)15-10-6-5-7-11-15/h5-11,13H,12H2,1-4H3. The summed E-state index contributed by atoms with van der Waals surface area (Å²) >= 11 is 0. The Labute approximate surface area is 111 Å². The summed E-state index contributed by atoms with van der Waals surface area (Å²) in [6.07, 6.45) is 4.12. The predicted octanol–water partition coefficient (Wildman–Crippen LogP) is 3.11. The Morgan fingerprint density at radius 3 is 2.50 bits per heavy atom. The van der Waals surface area contributed by atoms with Crippen LogP contribution < -0.4 is 5.19 Å². The van der Waals surface area contributed by atoms with E-state index in [0.29, 0.717) is 12.1 Å². The molecule has 0 fully saturated rings. The summed E-state index contributed by atoms with van der Waals surface area (Å²) in [6, 6.07) is 10.7. The third kappa shape index (κ3) is 4.15. The monoisotopic (exact) mass is 262 g/mol. The van der Waals surface area contributed by atoms with Crippen molar-refractivity contribution in [3.05, 3.63) is 42.5 Å². The molecule has 1 atom stereocenters. The molecular weight excluding hydrogens is 240 g/mol. The van der Waals surface area contributed by atoms with Crippen molar-refractivity contribution >= 4 is 19.2 Å². The van der Waals surface area contributed by atoms with E-state index in [4.69, 9.17) is 4.74 Å². The van der Waals surface area contributed by atoms with Crippen molar-refractivity contribution in [2.24, 2.45) is 0 Å². The van der Waals surface area contributed by atoms with Gasteiger partial charge in [-0.05, 0) is 5.54 Å². The van der Waals surface area contributed by atoms with Gasteiger partial charge in [-0.15, -0.1) is 0 Å². The van der Waals surface area contributed by atoms with Gasteiger partial charge >= 0.3 is 5.97 Å². The molecule has 0 saturated heterocycles. The molecule has 0 aliphatic rings. The number of ether oxygens (including phenoxy) is 1. The summed E-state index contributed by atoms with van der Waals surface area (Å²) in [7, 11) is -1.49. The molecule has 0 aromatic heterocycles. The van der Waals surface area contributed by atoms with Gasteiger partial charge in [0.1, 0.15) is 6.61 Å². The molecule has 1 aromatic carbocycles. The Morgan fingerprint density at radius 1 is 1.33 bits per heavy atom. The first-order chi connectivity index (χ1) is 8.44. The van der Waals surface area contributed by atoms with Crippen LogP contribution in [0.2, 0.25) is 18.6 Å². The smallest absolute Gasteiger partial charge is 0.302 e. The van der Waals surface area contributed by atoms with Gasteiger partial charge in [0, 0.05) is 6.92 Å². The van der Waals surface area contributed by atoms with Gasteiger partial charge in [-0.2, -0.15) is 0 Å². The summed E-state index contributed by atoms with van der Waals surface area (Å²) in [5, 5.41) is 1.45. The Hall–Kier alpha value is -1.35. The van der Waals surface area contributed by atoms with E-state index in [0.717, 1.165) is 0 Å². The molecule has 1 aromatic rings. The van der Waals surface area contributed by atoms with Gasteiger partial charge in [-0.25, -0.2) is 0 Å². The van der Waals surface area contributed by atoms with Gasteiger partial charge < -0.3 is 4.74 Å². The minimum Gasteiger partial charge on any atom is -0.462 e. The number of carbonyl (C=O) groups excluding carboxylic acids is 1. The molecule has 18 heavy (non-hydrogen) atoms. The topological polar surface area (TPSA) is 26.3 Å². The highest BCUT2D eigenvalue weighted by molar-refractivity contribution is 6.91. The van der Waals surface area contributed by atoms with E-state index < -0.39 is 8.07 Å². The Bertz CT molecular complexity index is 410. The van der Waals surface area contributed by atoms with Gasteiger partial charge in [0.05, 0.1) is 8.07 Å². The van der Waals surface area contributed by atoms with E-state index in [1.165, 1.54) is 12.1 Å². The highest BCUT2D eigenvalue weighted by atomic mass is 28.3. The second-order valence-corrected chi connectivity index (χ2v) is 10.0. The SMILES string of the molecule is CC(=O)OCC=CC(C)[Si](C)(C)c1ccccc1. The Morgan fingerprint density at radius 2 is 1.94 bits per heavy atom. The van der Waals surface area contributed by atoms with Crippen molar-refractivity contribution in [3.8, 4) is 0 Å². The van der Waals surface area contributed by atoms with Gasteiger partial charge in [0.15, 0.2) is 0 Å². The minimum atomic E-state index is -1.49. The lowest BCUT2D eigenvalue weighted by molar-refractivity contribution is -0.139. The molecule has 98 valence electrons. The lowest BCUT2D eigenvalue weighted by Crippen LogP contribution is -2.44. The fourth-order valence-electron chi connectivity index (χ4n) is 1.80. The first kappa shape index (κ1) is 14.7. The second-order valence-electron chi connectivity index (χ2n) is 5.11. The molecule has 0 amide bonds. The molecule has 0 aliphatic carbocycles. The van der Waals surface area contributed by atoms with Gasteiger partial charge in [0.2, 0.25) is 0 Å². The Kier molecular flexibility index (Phi) is 5.35. The van der Waals surface area contributed by atoms with Crippen LogP contribution in [0, 0.1) is 0 Å². The first-order valence-electron chi connectivity index (χ1n) is 6.30. The number of carbonyl (C=O) groups is 1. The third-order valence-corrected chi connectivity index (χ3v) is 7.75. The molecule has 0 bridgehead atoms. The quantitative estimate of drug-likeness (QED) is 0.463. The molecule has 0 saturated carbocycles. The van der Waals surface area contributed by atoms with Crippen LogP contribution in [0.4, 0.5) is 0 Å². The predicted molar refractivity (Wildman–Crippen MR) is 78.8 cm³/mol. The molecule has 0 heterocycles. The van der Waals surface area contributed by atoms with E-state index in [1.54, 1.807) is 0 Å². The molecular formula is C15H22O2Si. The van der Waals surface area contributed by atoms with Crippen molar-refractivity contribution in [2.45, 2.75) is 32.5 Å². The molecule has 1 unspecified atom stereocenters. The summed E-state index contributed by atoms with van der Waals surface area (Å²) < 4.78 is 4.90. The average molecular weight is 262 g/mol. The van der Waals surface area contributed by atoms with Crippen molar-refractivity contribution in [1.82, 2.24) is 0 Å². The van der Waals surface area contributed by atoms with Crippen LogP contribution in [-0.2, 0) is 9.53 Å². The fraction of sp³-hybridized carbons (Fsp3) is 0.400. The molecule has 0 aliphatic heterocycles. The average Bonchev–Trinajstić information content (AvgIpc) is 2.35. The van der Waals surface area contributed by atoms with Crippen molar-refractivity contribution < 1.29 is 9.53 Å². The molecule has 3 heteroatoms. The van der Waals surface area contributed by atoms with Crippen LogP contribution in [-0.4, -0.2) is 20.7 Å². The van der Waals surface area contributed by atoms with Crippen LogP contribution in [0.1, 0.15) is 13.8 Å². The van der Waals surface area contributed by atoms with Crippen LogP contribution in [0.5, 0.6) is 0 Å². The van der Waals surface area contributed by atoms with Crippen LogP contribution in [0.15, 0.2) is 42.5 Å². The van der Waals surface area contributed by atoms with Crippen LogP contribution in [0.25, 0.3) is 0 Å². The minimum absolute atomic E-state index is 0.230. The third-order valence-electron chi connectivity index (χ3n) is 3.46. The fourth-order valence-corrected chi connectivity index (χ4v) is 3.99. The molecule has 0 spiro atoms. The number of allylic oxidation sites excluding steroid dienone is 1. The highest BCUT2D eigenvalue weighted by Crippen LogP contribution is 2.22. The Balaban J connectivity index is 2.65. The zero-order valence-corrected chi connectivity index (χ0v) is 12.6. The van der Waals surface area contributed by atoms with E-state index in [9.17, 15) is 4.79 Å². The van der Waals surface area contributed by atoms with Crippen molar-refractivity contribution in [1.29, 1.82) is 0 Å². The lowest BCUT2D eigenvalue weighted by atomic mass is 10.4. The first-order valence-corrected chi connectivity index (χ1v) is 9.38. The second kappa shape index (κ2) is 6.54. The molecule has 1 rings (SSSR count). The maximum Gasteiger partial charge on any atom is 0.302 e. The number of hydrogen-bond donors (Lipinski definition) is 0. The van der Waals surface area contributed by atoms with E-state index >= 15 is 0 Å². The van der Waals surface area contributed by atoms with Gasteiger partial charge in [-0.1, -0.05) is 67.7 Å². The number of hydrogen-bond acceptors (Lipinski definition) is 2. The van der Waals surface area contributed by atoms with E-state index in [-0.39, 0.29) is 5.97 Å². The normalized spacial score (nSPS) is 13.6. The zero-order chi connectivity index (χ0) is 13.6. The molecule has 2 nitrogen and oxygen atoms in total. The maximum atomic E-state index is 10.7. The number of rotatable bonds is 5. The summed E-state index contributed by atoms with van der Waals surface area (Å²) in [5.74, 6) is -0.230. The number of esters is 1. The number of benzene rings is 1. The lowest BCUT2D eigenvalue weighted by Gasteiger charge is -2.28. The van der Waals surface area contributed by atoms with E-state index in [1.807, 2.05) is 6.08 Å². The van der Waals surface area contributed by atoms with Gasteiger partial charge in [0.25, 0.3) is 0 Å². The zero-order valence-electron chi connectivity index (χ0n) is 11.6. The maximum absolute atomic E-state index is 10.7. The van der Waals surface area contributed by atoms with Crippen molar-refractivity contribution in [2.75, 3.05) is 6.61 Å². The molecule has 0 radical (unpaired) electrons. The molecule has 0 N–H and O–H groups in total. The van der Waals surface area contributed by atoms with E-state index in [2.05, 4.69) is 56.4 Å². The van der Waals surface area contributed by atoms with Crippen LogP contribution >= 0.6 is 0 Å². The largest absolute Gasteiger partial charge is 0.462 e. The van der Waals surface area contributed by atoms with Gasteiger partial charge in [-0.3, -0.25) is 4.79 Å². The van der Waals surface area contributed by atoms with Crippen molar-refractivity contribution in [3.63, 3.8) is 0 Å². The van der Waals surface area contributed by atoms with Crippen LogP contribution in [0.3, 0.4) is 0 Å². The summed E-state index contributed by atoms with van der Waals surface area (Å²) in [5.41, 5.74) is 0.510.